The number of carbonyl (C=O) groups excluding carboxylic acids is 1. The van der Waals surface area contributed by atoms with E-state index in [-0.39, 0.29) is 11.9 Å². The van der Waals surface area contributed by atoms with Gasteiger partial charge >= 0.3 is 5.97 Å². The molecule has 18 heavy (non-hydrogen) atoms. The van der Waals surface area contributed by atoms with Crippen molar-refractivity contribution in [2.45, 2.75) is 19.3 Å². The second-order valence-corrected chi connectivity index (χ2v) is 4.64. The summed E-state index contributed by atoms with van der Waals surface area (Å²) in [5.41, 5.74) is 1.87. The maximum atomic E-state index is 11.9. The standard InChI is InChI=1S/C16H18O2/c1-12-7-6-10-14(13-8-4-3-5-9-13)15(11-12)16(17)18-2/h3-6,8-12,14H,7H2,1-2H3/t12-,14-/m1/s1. The lowest BCUT2D eigenvalue weighted by Crippen LogP contribution is -2.12. The zero-order valence-electron chi connectivity index (χ0n) is 10.8. The van der Waals surface area contributed by atoms with E-state index in [0.717, 1.165) is 17.6 Å². The summed E-state index contributed by atoms with van der Waals surface area (Å²) in [6, 6.07) is 10.1. The molecule has 0 unspecified atom stereocenters. The highest BCUT2D eigenvalue weighted by Gasteiger charge is 2.23. The molecule has 0 spiro atoms. The third kappa shape index (κ3) is 2.70. The third-order valence-corrected chi connectivity index (χ3v) is 3.22. The van der Waals surface area contributed by atoms with Crippen molar-refractivity contribution in [1.29, 1.82) is 0 Å². The first-order chi connectivity index (χ1) is 8.72. The van der Waals surface area contributed by atoms with Crippen LogP contribution in [-0.4, -0.2) is 13.1 Å². The lowest BCUT2D eigenvalue weighted by Gasteiger charge is -2.15. The molecule has 0 aromatic heterocycles. The van der Waals surface area contributed by atoms with Gasteiger partial charge in [0.15, 0.2) is 0 Å². The Morgan fingerprint density at radius 1 is 1.28 bits per heavy atom. The summed E-state index contributed by atoms with van der Waals surface area (Å²) in [5.74, 6) is 0.134. The van der Waals surface area contributed by atoms with E-state index in [9.17, 15) is 4.79 Å². The van der Waals surface area contributed by atoms with E-state index < -0.39 is 0 Å². The van der Waals surface area contributed by atoms with E-state index in [2.05, 4.69) is 19.1 Å². The lowest BCUT2D eigenvalue weighted by atomic mass is 9.90. The van der Waals surface area contributed by atoms with E-state index in [0.29, 0.717) is 5.92 Å². The molecule has 0 bridgehead atoms. The summed E-state index contributed by atoms with van der Waals surface area (Å²) in [7, 11) is 1.44. The van der Waals surface area contributed by atoms with Crippen molar-refractivity contribution in [3.05, 3.63) is 59.7 Å². The number of esters is 1. The summed E-state index contributed by atoms with van der Waals surface area (Å²) in [5, 5.41) is 0. The van der Waals surface area contributed by atoms with Crippen LogP contribution in [0.25, 0.3) is 0 Å². The zero-order chi connectivity index (χ0) is 13.0. The second-order valence-electron chi connectivity index (χ2n) is 4.64. The molecule has 0 fully saturated rings. The highest BCUT2D eigenvalue weighted by Crippen LogP contribution is 2.31. The number of allylic oxidation sites excluding steroid dienone is 3. The van der Waals surface area contributed by atoms with E-state index >= 15 is 0 Å². The zero-order valence-corrected chi connectivity index (χ0v) is 10.8. The van der Waals surface area contributed by atoms with Crippen molar-refractivity contribution in [3.63, 3.8) is 0 Å². The van der Waals surface area contributed by atoms with Crippen molar-refractivity contribution in [2.75, 3.05) is 7.11 Å². The van der Waals surface area contributed by atoms with Crippen LogP contribution in [0.4, 0.5) is 0 Å². The van der Waals surface area contributed by atoms with Crippen LogP contribution in [0.2, 0.25) is 0 Å². The molecule has 0 heterocycles. The quantitative estimate of drug-likeness (QED) is 0.586. The van der Waals surface area contributed by atoms with E-state index in [1.165, 1.54) is 7.11 Å². The summed E-state index contributed by atoms with van der Waals surface area (Å²) >= 11 is 0. The summed E-state index contributed by atoms with van der Waals surface area (Å²) in [6.45, 7) is 2.11. The van der Waals surface area contributed by atoms with Crippen molar-refractivity contribution in [1.82, 2.24) is 0 Å². The van der Waals surface area contributed by atoms with Crippen LogP contribution in [0.3, 0.4) is 0 Å². The maximum Gasteiger partial charge on any atom is 0.334 e. The van der Waals surface area contributed by atoms with Crippen LogP contribution in [0.5, 0.6) is 0 Å². The Balaban J connectivity index is 2.42. The SMILES string of the molecule is COC(=O)C1=C[C@H](C)CC=C[C@@H]1c1ccccc1. The second kappa shape index (κ2) is 5.67. The van der Waals surface area contributed by atoms with Crippen molar-refractivity contribution in [3.8, 4) is 0 Å². The summed E-state index contributed by atoms with van der Waals surface area (Å²) < 4.78 is 4.90. The topological polar surface area (TPSA) is 26.3 Å². The van der Waals surface area contributed by atoms with Crippen molar-refractivity contribution >= 4 is 5.97 Å². The van der Waals surface area contributed by atoms with Gasteiger partial charge in [-0.3, -0.25) is 0 Å². The predicted octanol–water partition coefficient (Wildman–Crippen LogP) is 3.47. The minimum Gasteiger partial charge on any atom is -0.466 e. The fourth-order valence-electron chi connectivity index (χ4n) is 2.28. The summed E-state index contributed by atoms with van der Waals surface area (Å²) in [6.07, 6.45) is 7.24. The van der Waals surface area contributed by atoms with Gasteiger partial charge in [0.05, 0.1) is 7.11 Å². The molecule has 2 atom stereocenters. The number of benzene rings is 1. The van der Waals surface area contributed by atoms with Crippen molar-refractivity contribution < 1.29 is 9.53 Å². The monoisotopic (exact) mass is 242 g/mol. The molecule has 2 nitrogen and oxygen atoms in total. The number of ether oxygens (including phenoxy) is 1. The van der Waals surface area contributed by atoms with Crippen LogP contribution in [0, 0.1) is 5.92 Å². The maximum absolute atomic E-state index is 11.9. The van der Waals surface area contributed by atoms with Crippen molar-refractivity contribution in [2.24, 2.45) is 5.92 Å². The van der Waals surface area contributed by atoms with Gasteiger partial charge in [-0.15, -0.1) is 0 Å². The Morgan fingerprint density at radius 3 is 2.67 bits per heavy atom. The molecule has 0 N–H and O–H groups in total. The molecule has 0 amide bonds. The van der Waals surface area contributed by atoms with Gasteiger partial charge in [0, 0.05) is 11.5 Å². The minimum absolute atomic E-state index is 0.00333. The Morgan fingerprint density at radius 2 is 2.00 bits per heavy atom. The number of methoxy groups -OCH3 is 1. The molecule has 2 heteroatoms. The van der Waals surface area contributed by atoms with E-state index in [1.807, 2.05) is 36.4 Å². The Labute approximate surface area is 108 Å². The van der Waals surface area contributed by atoms with Crippen LogP contribution in [0.1, 0.15) is 24.8 Å². The van der Waals surface area contributed by atoms with Gasteiger partial charge in [-0.1, -0.05) is 55.5 Å². The first kappa shape index (κ1) is 12.6. The van der Waals surface area contributed by atoms with Crippen LogP contribution >= 0.6 is 0 Å². The number of carbonyl (C=O) groups is 1. The number of hydrogen-bond donors (Lipinski definition) is 0. The van der Waals surface area contributed by atoms with Crippen LogP contribution < -0.4 is 0 Å². The smallest absolute Gasteiger partial charge is 0.334 e. The number of rotatable bonds is 2. The lowest BCUT2D eigenvalue weighted by molar-refractivity contribution is -0.136. The molecule has 0 saturated carbocycles. The first-order valence-electron chi connectivity index (χ1n) is 6.24. The average Bonchev–Trinajstić information content (AvgIpc) is 2.60. The molecule has 2 rings (SSSR count). The Hall–Kier alpha value is -1.83. The summed E-state index contributed by atoms with van der Waals surface area (Å²) in [4.78, 5) is 11.9. The van der Waals surface area contributed by atoms with E-state index in [1.54, 1.807) is 0 Å². The molecule has 1 aliphatic carbocycles. The van der Waals surface area contributed by atoms with Gasteiger partial charge in [-0.25, -0.2) is 4.79 Å². The molecule has 1 aromatic rings. The molecule has 94 valence electrons. The Bertz CT molecular complexity index is 471. The van der Waals surface area contributed by atoms with Gasteiger partial charge in [0.1, 0.15) is 0 Å². The van der Waals surface area contributed by atoms with Crippen LogP contribution in [-0.2, 0) is 9.53 Å². The molecular formula is C16H18O2. The van der Waals surface area contributed by atoms with Gasteiger partial charge < -0.3 is 4.74 Å². The number of hydrogen-bond acceptors (Lipinski definition) is 2. The van der Waals surface area contributed by atoms with Gasteiger partial charge in [0.2, 0.25) is 0 Å². The highest BCUT2D eigenvalue weighted by molar-refractivity contribution is 5.90. The van der Waals surface area contributed by atoms with Gasteiger partial charge in [-0.05, 0) is 17.9 Å². The predicted molar refractivity (Wildman–Crippen MR) is 72.2 cm³/mol. The van der Waals surface area contributed by atoms with Gasteiger partial charge in [0.25, 0.3) is 0 Å². The Kier molecular flexibility index (Phi) is 3.98. The fourth-order valence-corrected chi connectivity index (χ4v) is 2.28. The molecule has 0 saturated heterocycles. The van der Waals surface area contributed by atoms with Crippen LogP contribution in [0.15, 0.2) is 54.1 Å². The molecule has 1 aliphatic rings. The average molecular weight is 242 g/mol. The van der Waals surface area contributed by atoms with Gasteiger partial charge in [-0.2, -0.15) is 0 Å². The molecule has 0 aliphatic heterocycles. The molecule has 1 aromatic carbocycles. The van der Waals surface area contributed by atoms with E-state index in [4.69, 9.17) is 4.74 Å². The fraction of sp³-hybridized carbons (Fsp3) is 0.312. The third-order valence-electron chi connectivity index (χ3n) is 3.22. The highest BCUT2D eigenvalue weighted by atomic mass is 16.5. The molecular weight excluding hydrogens is 224 g/mol. The molecule has 0 radical (unpaired) electrons. The normalized spacial score (nSPS) is 23.1. The minimum atomic E-state index is -0.234. The first-order valence-corrected chi connectivity index (χ1v) is 6.24. The largest absolute Gasteiger partial charge is 0.466 e.